The van der Waals surface area contributed by atoms with Crippen LogP contribution in [0.5, 0.6) is 17.2 Å². The van der Waals surface area contributed by atoms with E-state index in [1.165, 1.54) is 32.4 Å². The van der Waals surface area contributed by atoms with E-state index in [0.717, 1.165) is 0 Å². The Morgan fingerprint density at radius 1 is 1.08 bits per heavy atom. The van der Waals surface area contributed by atoms with Gasteiger partial charge in [0.15, 0.2) is 17.3 Å². The van der Waals surface area contributed by atoms with Gasteiger partial charge in [-0.2, -0.15) is 0 Å². The zero-order valence-corrected chi connectivity index (χ0v) is 20.7. The molecule has 0 amide bonds. The lowest BCUT2D eigenvalue weighted by Crippen LogP contribution is -2.36. The molecule has 0 bridgehead atoms. The van der Waals surface area contributed by atoms with Gasteiger partial charge in [-0.3, -0.25) is 4.79 Å². The van der Waals surface area contributed by atoms with Gasteiger partial charge in [0.05, 0.1) is 31.5 Å². The molecule has 1 unspecified atom stereocenters. The molecule has 1 atom stereocenters. The van der Waals surface area contributed by atoms with Gasteiger partial charge in [-0.25, -0.2) is 9.37 Å². The van der Waals surface area contributed by atoms with Crippen molar-refractivity contribution in [3.8, 4) is 28.5 Å². The van der Waals surface area contributed by atoms with Gasteiger partial charge in [-0.1, -0.05) is 11.6 Å². The number of halogens is 2. The molecule has 0 aliphatic heterocycles. The summed E-state index contributed by atoms with van der Waals surface area (Å²) in [6, 6.07) is 12.0. The molecule has 0 fully saturated rings. The monoisotopic (exact) mass is 518 g/mol. The third-order valence-electron chi connectivity index (χ3n) is 5.69. The van der Waals surface area contributed by atoms with Crippen molar-refractivity contribution in [2.75, 3.05) is 34.0 Å². The molecule has 3 rings (SSSR count). The van der Waals surface area contributed by atoms with Crippen LogP contribution in [-0.2, 0) is 5.60 Å². The highest BCUT2D eigenvalue weighted by Gasteiger charge is 2.31. The molecule has 2 aromatic carbocycles. The van der Waals surface area contributed by atoms with Crippen molar-refractivity contribution >= 4 is 17.4 Å². The molecule has 0 aliphatic carbocycles. The van der Waals surface area contributed by atoms with Crippen molar-refractivity contribution in [3.63, 3.8) is 0 Å². The second-order valence-electron chi connectivity index (χ2n) is 7.97. The van der Waals surface area contributed by atoms with Gasteiger partial charge in [0, 0.05) is 24.1 Å². The Kier molecular flexibility index (Phi) is 9.22. The van der Waals surface area contributed by atoms with E-state index in [4.69, 9.17) is 36.7 Å². The third-order valence-corrected chi connectivity index (χ3v) is 5.98. The number of pyridine rings is 1. The van der Waals surface area contributed by atoms with Crippen molar-refractivity contribution in [1.29, 1.82) is 0 Å². The first-order chi connectivity index (χ1) is 17.3. The number of aliphatic hydroxyl groups is 2. The lowest BCUT2D eigenvalue weighted by Gasteiger charge is -2.27. The molecule has 0 saturated heterocycles. The minimum Gasteiger partial charge on any atom is -0.494 e. The molecule has 192 valence electrons. The Labute approximate surface area is 213 Å². The molecule has 8 nitrogen and oxygen atoms in total. The first kappa shape index (κ1) is 27.3. The van der Waals surface area contributed by atoms with Gasteiger partial charge in [-0.15, -0.1) is 0 Å². The average Bonchev–Trinajstić information content (AvgIpc) is 2.91. The normalized spacial score (nSPS) is 12.6. The van der Waals surface area contributed by atoms with Crippen LogP contribution in [0.15, 0.2) is 48.5 Å². The van der Waals surface area contributed by atoms with Crippen molar-refractivity contribution in [1.82, 2.24) is 4.98 Å². The Morgan fingerprint density at radius 3 is 2.44 bits per heavy atom. The van der Waals surface area contributed by atoms with Gasteiger partial charge in [0.25, 0.3) is 0 Å². The summed E-state index contributed by atoms with van der Waals surface area (Å²) in [6.45, 7) is -0.258. The van der Waals surface area contributed by atoms with Crippen LogP contribution < -0.4 is 19.9 Å². The van der Waals surface area contributed by atoms with E-state index in [0.29, 0.717) is 34.1 Å². The highest BCUT2D eigenvalue weighted by atomic mass is 35.5. The number of aromatic nitrogens is 1. The zero-order valence-electron chi connectivity index (χ0n) is 20.0. The van der Waals surface area contributed by atoms with E-state index in [2.05, 4.69) is 4.98 Å². The molecule has 10 heteroatoms. The fraction of sp³-hybridized carbons (Fsp3) is 0.308. The number of aliphatic hydroxyl groups excluding tert-OH is 1. The number of hydrogen-bond donors (Lipinski definition) is 3. The molecular formula is C26H28ClFN2O6. The minimum atomic E-state index is -1.62. The molecule has 0 saturated carbocycles. The van der Waals surface area contributed by atoms with Crippen LogP contribution in [0.2, 0.25) is 5.02 Å². The molecule has 0 aliphatic rings. The topological polar surface area (TPSA) is 124 Å². The molecule has 1 aromatic heterocycles. The van der Waals surface area contributed by atoms with E-state index in [-0.39, 0.29) is 49.1 Å². The number of rotatable bonds is 12. The van der Waals surface area contributed by atoms with Crippen LogP contribution in [0.3, 0.4) is 0 Å². The van der Waals surface area contributed by atoms with Gasteiger partial charge in [0.1, 0.15) is 29.5 Å². The summed E-state index contributed by atoms with van der Waals surface area (Å²) >= 11 is 5.94. The van der Waals surface area contributed by atoms with E-state index in [1.54, 1.807) is 30.3 Å². The molecule has 1 heterocycles. The zero-order chi connectivity index (χ0) is 26.3. The van der Waals surface area contributed by atoms with Crippen LogP contribution >= 0.6 is 11.6 Å². The highest BCUT2D eigenvalue weighted by Crippen LogP contribution is 2.35. The predicted octanol–water partition coefficient (Wildman–Crippen LogP) is 3.74. The Bertz CT molecular complexity index is 1230. The van der Waals surface area contributed by atoms with Crippen LogP contribution in [-0.4, -0.2) is 55.0 Å². The summed E-state index contributed by atoms with van der Waals surface area (Å²) in [7, 11) is 2.91. The largest absolute Gasteiger partial charge is 0.494 e. The fourth-order valence-electron chi connectivity index (χ4n) is 3.64. The van der Waals surface area contributed by atoms with Crippen LogP contribution in [0.4, 0.5) is 4.39 Å². The maximum atomic E-state index is 13.7. The average molecular weight is 519 g/mol. The van der Waals surface area contributed by atoms with E-state index in [9.17, 15) is 14.3 Å². The summed E-state index contributed by atoms with van der Waals surface area (Å²) in [5.41, 5.74) is 5.74. The second-order valence-corrected chi connectivity index (χ2v) is 8.38. The molecule has 36 heavy (non-hydrogen) atoms. The van der Waals surface area contributed by atoms with Gasteiger partial charge in [0.2, 0.25) is 0 Å². The van der Waals surface area contributed by atoms with Gasteiger partial charge in [-0.05, 0) is 55.0 Å². The Morgan fingerprint density at radius 2 is 1.81 bits per heavy atom. The van der Waals surface area contributed by atoms with Crippen molar-refractivity contribution in [2.45, 2.75) is 18.4 Å². The molecular weight excluding hydrogens is 491 g/mol. The number of nitrogens with zero attached hydrogens (tertiary/aromatic N) is 1. The number of hydrogen-bond acceptors (Lipinski definition) is 8. The van der Waals surface area contributed by atoms with Crippen LogP contribution in [0, 0.1) is 5.82 Å². The number of ether oxygens (including phenoxy) is 3. The van der Waals surface area contributed by atoms with Crippen molar-refractivity contribution < 1.29 is 33.6 Å². The fourth-order valence-corrected chi connectivity index (χ4v) is 3.82. The summed E-state index contributed by atoms with van der Waals surface area (Å²) < 4.78 is 29.7. The number of methoxy groups -OCH3 is 2. The Hall–Kier alpha value is -3.24. The highest BCUT2D eigenvalue weighted by molar-refractivity contribution is 6.31. The van der Waals surface area contributed by atoms with E-state index >= 15 is 0 Å². The van der Waals surface area contributed by atoms with Crippen LogP contribution in [0.25, 0.3) is 11.3 Å². The lowest BCUT2D eigenvalue weighted by atomic mass is 9.90. The van der Waals surface area contributed by atoms with Crippen molar-refractivity contribution in [2.24, 2.45) is 5.73 Å². The quantitative estimate of drug-likeness (QED) is 0.310. The van der Waals surface area contributed by atoms with Crippen LogP contribution in [0.1, 0.15) is 28.9 Å². The lowest BCUT2D eigenvalue weighted by molar-refractivity contribution is 0.0297. The SMILES string of the molecule is COc1cc(C(=O)CCC(O)(CN)c2ccc(OC)c(-c3ccc(F)c(Cl)c3)n2)ccc1OCCO. The molecule has 0 radical (unpaired) electrons. The second kappa shape index (κ2) is 12.1. The Balaban J connectivity index is 1.84. The van der Waals surface area contributed by atoms with Gasteiger partial charge >= 0.3 is 0 Å². The number of benzene rings is 2. The standard InChI is InChI=1S/C26H28ClFN2O6/c1-34-22-7-8-24(30-25(22)17-3-5-19(28)18(27)13-17)26(33,15-29)10-9-20(32)16-4-6-21(36-12-11-31)23(14-16)35-2/h3-8,13-14,31,33H,9-12,15,29H2,1-2H3. The first-order valence-electron chi connectivity index (χ1n) is 11.1. The molecule has 3 aromatic rings. The number of carbonyl (C=O) groups excluding carboxylic acids is 1. The number of carbonyl (C=O) groups is 1. The maximum Gasteiger partial charge on any atom is 0.163 e. The maximum absolute atomic E-state index is 13.7. The van der Waals surface area contributed by atoms with E-state index < -0.39 is 11.4 Å². The summed E-state index contributed by atoms with van der Waals surface area (Å²) in [4.78, 5) is 17.5. The van der Waals surface area contributed by atoms with Crippen molar-refractivity contribution in [3.05, 3.63) is 70.6 Å². The van der Waals surface area contributed by atoms with Gasteiger partial charge < -0.3 is 30.2 Å². The summed E-state index contributed by atoms with van der Waals surface area (Å²) in [5, 5.41) is 20.2. The number of nitrogens with two attached hydrogens (primary N) is 1. The smallest absolute Gasteiger partial charge is 0.163 e. The van der Waals surface area contributed by atoms with E-state index in [1.807, 2.05) is 0 Å². The summed E-state index contributed by atoms with van der Waals surface area (Å²) in [5.74, 6) is 0.331. The number of Topliss-reactive ketones (excluding diaryl/α,β-unsaturated/α-hetero) is 1. The first-order valence-corrected chi connectivity index (χ1v) is 11.5. The third kappa shape index (κ3) is 6.11. The summed E-state index contributed by atoms with van der Waals surface area (Å²) in [6.07, 6.45) is -0.0323. The molecule has 0 spiro atoms. The minimum absolute atomic E-state index is 0.00362. The molecule has 4 N–H and O–H groups in total. The number of ketones is 1. The predicted molar refractivity (Wildman–Crippen MR) is 133 cm³/mol.